The molecule has 15 heavy (non-hydrogen) atoms. The van der Waals surface area contributed by atoms with Gasteiger partial charge in [-0.1, -0.05) is 19.6 Å². The van der Waals surface area contributed by atoms with Crippen molar-refractivity contribution in [2.75, 3.05) is 0 Å². The molecule has 0 aliphatic rings. The number of hydrogen-bond acceptors (Lipinski definition) is 2. The highest BCUT2D eigenvalue weighted by Gasteiger charge is 2.67. The molecule has 0 unspecified atom stereocenters. The van der Waals surface area contributed by atoms with Gasteiger partial charge in [-0.2, -0.15) is 0 Å². The lowest BCUT2D eigenvalue weighted by atomic mass is 9.91. The highest BCUT2D eigenvalue weighted by Crippen LogP contribution is 2.43. The number of carbonyl (C=O) groups is 2. The molecule has 0 heterocycles. The fraction of sp³-hybridized carbons (Fsp3) is 0.750. The van der Waals surface area contributed by atoms with E-state index in [0.717, 1.165) is 0 Å². The summed E-state index contributed by atoms with van der Waals surface area (Å²) < 4.78 is 27.6. The van der Waals surface area contributed by atoms with Crippen molar-refractivity contribution < 1.29 is 28.6 Å². The van der Waals surface area contributed by atoms with Gasteiger partial charge in [0.15, 0.2) is 0 Å². The molecule has 0 spiro atoms. The Kier molecular flexibility index (Phi) is 3.32. The fourth-order valence-corrected chi connectivity index (χ4v) is 2.82. The zero-order valence-electron chi connectivity index (χ0n) is 8.97. The molecule has 0 saturated carbocycles. The Labute approximate surface area is 86.9 Å². The minimum atomic E-state index is -3.72. The first-order chi connectivity index (χ1) is 6.39. The summed E-state index contributed by atoms with van der Waals surface area (Å²) >= 11 is 0. The van der Waals surface area contributed by atoms with Crippen LogP contribution in [0.25, 0.3) is 0 Å². The first-order valence-corrected chi connectivity index (χ1v) is 7.73. The molecule has 0 aromatic carbocycles. The Morgan fingerprint density at radius 3 is 1.40 bits per heavy atom. The van der Waals surface area contributed by atoms with Crippen LogP contribution in [-0.4, -0.2) is 35.8 Å². The Morgan fingerprint density at radius 1 is 1.07 bits per heavy atom. The van der Waals surface area contributed by atoms with Crippen molar-refractivity contribution in [1.29, 1.82) is 0 Å². The molecule has 0 aliphatic carbocycles. The third-order valence-corrected chi connectivity index (χ3v) is 4.81. The van der Waals surface area contributed by atoms with Crippen LogP contribution in [-0.2, 0) is 9.59 Å². The van der Waals surface area contributed by atoms with Crippen LogP contribution in [0.2, 0.25) is 19.6 Å². The van der Waals surface area contributed by atoms with Gasteiger partial charge in [-0.15, -0.1) is 0 Å². The first-order valence-electron chi connectivity index (χ1n) is 4.23. The van der Waals surface area contributed by atoms with Crippen LogP contribution in [0.4, 0.5) is 8.78 Å². The lowest BCUT2D eigenvalue weighted by Crippen LogP contribution is -2.62. The van der Waals surface area contributed by atoms with E-state index in [0.29, 0.717) is 6.92 Å². The van der Waals surface area contributed by atoms with E-state index in [1.807, 2.05) is 0 Å². The molecule has 0 aromatic rings. The van der Waals surface area contributed by atoms with Crippen LogP contribution >= 0.6 is 0 Å². The Balaban J connectivity index is 5.68. The van der Waals surface area contributed by atoms with Gasteiger partial charge in [0.1, 0.15) is 8.07 Å². The lowest BCUT2D eigenvalue weighted by Gasteiger charge is -2.37. The molecule has 0 atom stereocenters. The van der Waals surface area contributed by atoms with E-state index >= 15 is 0 Å². The molecule has 0 fully saturated rings. The van der Waals surface area contributed by atoms with Crippen LogP contribution in [0.1, 0.15) is 6.92 Å². The largest absolute Gasteiger partial charge is 0.480 e. The molecule has 0 aromatic heterocycles. The number of carboxylic acids is 2. The molecule has 0 aliphatic heterocycles. The standard InChI is InChI=1S/C8H14F2O4Si/c1-7(5(11)12,6(13)14)8(9,10)15(2,3)4/h1-4H3,(H,11,12)(H,13,14). The smallest absolute Gasteiger partial charge is 0.326 e. The number of hydrogen-bond donors (Lipinski definition) is 2. The van der Waals surface area contributed by atoms with E-state index in [1.165, 1.54) is 19.6 Å². The van der Waals surface area contributed by atoms with Crippen LogP contribution in [0, 0.1) is 5.41 Å². The van der Waals surface area contributed by atoms with E-state index in [9.17, 15) is 18.4 Å². The summed E-state index contributed by atoms with van der Waals surface area (Å²) in [6.45, 7) is 4.25. The Bertz CT molecular complexity index is 282. The second-order valence-electron chi connectivity index (χ2n) is 4.56. The van der Waals surface area contributed by atoms with Crippen LogP contribution in [0.3, 0.4) is 0 Å². The first kappa shape index (κ1) is 14.0. The number of alkyl halides is 2. The Hall–Kier alpha value is -0.983. The van der Waals surface area contributed by atoms with Crippen LogP contribution < -0.4 is 0 Å². The molecule has 0 rings (SSSR count). The summed E-state index contributed by atoms with van der Waals surface area (Å²) in [6, 6.07) is 0. The zero-order valence-corrected chi connectivity index (χ0v) is 9.97. The SMILES string of the molecule is CC(C(=O)O)(C(=O)O)C(F)(F)[Si](C)(C)C. The van der Waals surface area contributed by atoms with E-state index in [4.69, 9.17) is 10.2 Å². The van der Waals surface area contributed by atoms with Gasteiger partial charge in [0.2, 0.25) is 5.41 Å². The molecular formula is C8H14F2O4Si. The monoisotopic (exact) mass is 240 g/mol. The van der Waals surface area contributed by atoms with E-state index < -0.39 is 31.0 Å². The summed E-state index contributed by atoms with van der Waals surface area (Å²) in [5.41, 5.74) is -6.78. The average Bonchev–Trinajstić information content (AvgIpc) is 1.99. The van der Waals surface area contributed by atoms with E-state index in [1.54, 1.807) is 0 Å². The van der Waals surface area contributed by atoms with Gasteiger partial charge < -0.3 is 10.2 Å². The van der Waals surface area contributed by atoms with Crippen LogP contribution in [0.15, 0.2) is 0 Å². The Morgan fingerprint density at radius 2 is 1.33 bits per heavy atom. The molecule has 0 bridgehead atoms. The van der Waals surface area contributed by atoms with Crippen LogP contribution in [0.5, 0.6) is 0 Å². The third-order valence-electron chi connectivity index (χ3n) is 2.43. The zero-order chi connectivity index (χ0) is 12.7. The average molecular weight is 240 g/mol. The summed E-state index contributed by atoms with van der Waals surface area (Å²) in [5, 5.41) is 17.3. The summed E-state index contributed by atoms with van der Waals surface area (Å²) in [5.74, 6) is -4.02. The van der Waals surface area contributed by atoms with Crippen molar-refractivity contribution >= 4 is 20.0 Å². The number of aliphatic carboxylic acids is 2. The lowest BCUT2D eigenvalue weighted by molar-refractivity contribution is -0.180. The van der Waals surface area contributed by atoms with Crippen molar-refractivity contribution in [2.45, 2.75) is 32.1 Å². The summed E-state index contributed by atoms with van der Waals surface area (Å²) in [7, 11) is -3.24. The predicted octanol–water partition coefficient (Wildman–Crippen LogP) is 1.67. The number of carboxylic acid groups (broad SMARTS) is 2. The number of rotatable bonds is 4. The minimum absolute atomic E-state index is 0.552. The topological polar surface area (TPSA) is 74.6 Å². The normalized spacial score (nSPS) is 13.7. The second-order valence-corrected chi connectivity index (χ2v) is 9.69. The maximum atomic E-state index is 13.8. The van der Waals surface area contributed by atoms with Crippen molar-refractivity contribution in [3.05, 3.63) is 0 Å². The van der Waals surface area contributed by atoms with Crippen molar-refractivity contribution in [3.8, 4) is 0 Å². The quantitative estimate of drug-likeness (QED) is 0.579. The molecule has 0 radical (unpaired) electrons. The molecule has 7 heteroatoms. The molecular weight excluding hydrogens is 226 g/mol. The van der Waals surface area contributed by atoms with Gasteiger partial charge in [-0.05, 0) is 6.92 Å². The second kappa shape index (κ2) is 3.55. The van der Waals surface area contributed by atoms with Gasteiger partial charge in [-0.25, -0.2) is 8.78 Å². The van der Waals surface area contributed by atoms with Gasteiger partial charge in [0.05, 0.1) is 0 Å². The summed E-state index contributed by atoms with van der Waals surface area (Å²) in [6.07, 6.45) is 0. The molecule has 88 valence electrons. The highest BCUT2D eigenvalue weighted by atomic mass is 28.3. The minimum Gasteiger partial charge on any atom is -0.480 e. The van der Waals surface area contributed by atoms with Crippen molar-refractivity contribution in [2.24, 2.45) is 5.41 Å². The molecule has 2 N–H and O–H groups in total. The molecule has 0 amide bonds. The highest BCUT2D eigenvalue weighted by molar-refractivity contribution is 6.79. The molecule has 0 saturated heterocycles. The fourth-order valence-electron chi connectivity index (χ4n) is 1.11. The van der Waals surface area contributed by atoms with Gasteiger partial charge in [-0.3, -0.25) is 9.59 Å². The predicted molar refractivity (Wildman–Crippen MR) is 51.7 cm³/mol. The summed E-state index contributed by atoms with van der Waals surface area (Å²) in [4.78, 5) is 21.4. The van der Waals surface area contributed by atoms with Gasteiger partial charge in [0.25, 0.3) is 5.55 Å². The number of halogens is 2. The van der Waals surface area contributed by atoms with E-state index in [2.05, 4.69) is 0 Å². The van der Waals surface area contributed by atoms with Crippen molar-refractivity contribution in [3.63, 3.8) is 0 Å². The maximum absolute atomic E-state index is 13.8. The third kappa shape index (κ3) is 1.88. The van der Waals surface area contributed by atoms with E-state index in [-0.39, 0.29) is 0 Å². The van der Waals surface area contributed by atoms with Gasteiger partial charge in [0, 0.05) is 0 Å². The van der Waals surface area contributed by atoms with Gasteiger partial charge >= 0.3 is 11.9 Å². The molecule has 4 nitrogen and oxygen atoms in total. The van der Waals surface area contributed by atoms with Crippen molar-refractivity contribution in [1.82, 2.24) is 0 Å². The maximum Gasteiger partial charge on any atom is 0.326 e.